The normalized spacial score (nSPS) is 14.1. The Bertz CT molecular complexity index is 1350. The van der Waals surface area contributed by atoms with E-state index in [1.165, 1.54) is 12.1 Å². The predicted octanol–water partition coefficient (Wildman–Crippen LogP) is 5.26. The smallest absolute Gasteiger partial charge is 0.422 e. The zero-order valence-electron chi connectivity index (χ0n) is 19.1. The molecule has 2 N–H and O–H groups in total. The van der Waals surface area contributed by atoms with Gasteiger partial charge < -0.3 is 24.7 Å². The molecule has 10 heteroatoms. The van der Waals surface area contributed by atoms with Crippen LogP contribution < -0.4 is 15.0 Å². The third-order valence-electron chi connectivity index (χ3n) is 5.78. The highest BCUT2D eigenvalue weighted by Gasteiger charge is 2.28. The van der Waals surface area contributed by atoms with Gasteiger partial charge in [0.1, 0.15) is 11.6 Å². The zero-order chi connectivity index (χ0) is 25.1. The lowest BCUT2D eigenvalue weighted by molar-refractivity contribution is -0.153. The number of nitrogens with zero attached hydrogens (tertiary/aromatic N) is 2. The summed E-state index contributed by atoms with van der Waals surface area (Å²) in [4.78, 5) is 22.5. The molecule has 0 bridgehead atoms. The summed E-state index contributed by atoms with van der Waals surface area (Å²) in [5, 5.41) is 2.90. The number of carbonyl (C=O) groups is 1. The number of imidazole rings is 1. The molecule has 1 saturated heterocycles. The number of alkyl halides is 3. The van der Waals surface area contributed by atoms with Crippen LogP contribution >= 0.6 is 0 Å². The number of rotatable bonds is 6. The topological polar surface area (TPSA) is 79.5 Å². The first-order valence-electron chi connectivity index (χ1n) is 11.4. The minimum absolute atomic E-state index is 0.0860. The van der Waals surface area contributed by atoms with Crippen molar-refractivity contribution in [3.8, 4) is 17.1 Å². The molecular formula is C26H23F3N4O3. The van der Waals surface area contributed by atoms with Crippen LogP contribution in [0.3, 0.4) is 0 Å². The summed E-state index contributed by atoms with van der Waals surface area (Å²) >= 11 is 0. The number of hydrogen-bond donors (Lipinski definition) is 2. The molecule has 0 saturated carbocycles. The summed E-state index contributed by atoms with van der Waals surface area (Å²) in [6, 6.07) is 19.1. The third-order valence-corrected chi connectivity index (χ3v) is 5.78. The SMILES string of the molecule is O=C(Nc1ccc(N2CCOCC2)cc1)c1ccc(-c2nc3cc(OCC(F)(F)F)ccc3[nH]2)cc1. The summed E-state index contributed by atoms with van der Waals surface area (Å²) < 4.78 is 47.4. The second kappa shape index (κ2) is 9.90. The number of benzene rings is 3. The number of anilines is 2. The van der Waals surface area contributed by atoms with Crippen LogP contribution in [0.2, 0.25) is 0 Å². The molecule has 1 amide bonds. The highest BCUT2D eigenvalue weighted by atomic mass is 19.4. The standard InChI is InChI=1S/C26H23F3N4O3/c27-26(28,29)16-36-21-9-10-22-23(15-21)32-24(31-22)17-1-3-18(4-2-17)25(34)30-19-5-7-20(8-6-19)33-11-13-35-14-12-33/h1-10,15H,11-14,16H2,(H,30,34)(H,31,32). The molecule has 0 aliphatic carbocycles. The Morgan fingerprint density at radius 3 is 2.44 bits per heavy atom. The van der Waals surface area contributed by atoms with Crippen molar-refractivity contribution in [2.45, 2.75) is 6.18 Å². The summed E-state index contributed by atoms with van der Waals surface area (Å²) in [6.07, 6.45) is -4.41. The first-order chi connectivity index (χ1) is 17.3. The number of nitrogens with one attached hydrogen (secondary N) is 2. The maximum atomic E-state index is 12.7. The Hall–Kier alpha value is -4.05. The Morgan fingerprint density at radius 1 is 1.03 bits per heavy atom. The van der Waals surface area contributed by atoms with Crippen molar-refractivity contribution in [1.29, 1.82) is 0 Å². The molecule has 4 aromatic rings. The zero-order valence-corrected chi connectivity index (χ0v) is 19.1. The van der Waals surface area contributed by atoms with Gasteiger partial charge in [-0.2, -0.15) is 13.2 Å². The van der Waals surface area contributed by atoms with Crippen LogP contribution in [0, 0.1) is 0 Å². The summed E-state index contributed by atoms with van der Waals surface area (Å²) in [5.74, 6) is 0.378. The quantitative estimate of drug-likeness (QED) is 0.381. The molecule has 1 aliphatic rings. The monoisotopic (exact) mass is 496 g/mol. The van der Waals surface area contributed by atoms with Crippen molar-refractivity contribution in [3.05, 3.63) is 72.3 Å². The van der Waals surface area contributed by atoms with E-state index in [1.807, 2.05) is 24.3 Å². The van der Waals surface area contributed by atoms with Crippen LogP contribution in [0.15, 0.2) is 66.7 Å². The lowest BCUT2D eigenvalue weighted by Gasteiger charge is -2.28. The molecule has 186 valence electrons. The van der Waals surface area contributed by atoms with E-state index in [0.717, 1.165) is 24.3 Å². The van der Waals surface area contributed by atoms with Gasteiger partial charge in [0.25, 0.3) is 5.91 Å². The van der Waals surface area contributed by atoms with Crippen LogP contribution in [-0.2, 0) is 4.74 Å². The van der Waals surface area contributed by atoms with Gasteiger partial charge in [-0.3, -0.25) is 4.79 Å². The van der Waals surface area contributed by atoms with Gasteiger partial charge in [0.15, 0.2) is 6.61 Å². The van der Waals surface area contributed by atoms with E-state index in [4.69, 9.17) is 9.47 Å². The summed E-state index contributed by atoms with van der Waals surface area (Å²) in [7, 11) is 0. The van der Waals surface area contributed by atoms with Gasteiger partial charge in [0.2, 0.25) is 0 Å². The third kappa shape index (κ3) is 5.60. The van der Waals surface area contributed by atoms with Crippen molar-refractivity contribution in [3.63, 3.8) is 0 Å². The molecule has 1 aliphatic heterocycles. The molecule has 7 nitrogen and oxygen atoms in total. The van der Waals surface area contributed by atoms with E-state index < -0.39 is 12.8 Å². The van der Waals surface area contributed by atoms with Gasteiger partial charge in [-0.15, -0.1) is 0 Å². The average Bonchev–Trinajstić information content (AvgIpc) is 3.32. The van der Waals surface area contributed by atoms with Gasteiger partial charge in [0.05, 0.1) is 24.2 Å². The largest absolute Gasteiger partial charge is 0.484 e. The Kier molecular flexibility index (Phi) is 6.51. The van der Waals surface area contributed by atoms with E-state index in [9.17, 15) is 18.0 Å². The average molecular weight is 496 g/mol. The fourth-order valence-corrected chi connectivity index (χ4v) is 3.94. The molecule has 0 unspecified atom stereocenters. The Labute approximate surface area is 204 Å². The molecule has 2 heterocycles. The molecule has 3 aromatic carbocycles. The van der Waals surface area contributed by atoms with Crippen molar-refractivity contribution < 1.29 is 27.4 Å². The highest BCUT2D eigenvalue weighted by molar-refractivity contribution is 6.04. The van der Waals surface area contributed by atoms with E-state index in [-0.39, 0.29) is 11.7 Å². The molecular weight excluding hydrogens is 473 g/mol. The van der Waals surface area contributed by atoms with Crippen LogP contribution in [0.5, 0.6) is 5.75 Å². The second-order valence-electron chi connectivity index (χ2n) is 8.35. The molecule has 36 heavy (non-hydrogen) atoms. The lowest BCUT2D eigenvalue weighted by atomic mass is 10.1. The number of fused-ring (bicyclic) bond motifs is 1. The van der Waals surface area contributed by atoms with Gasteiger partial charge in [0, 0.05) is 41.7 Å². The van der Waals surface area contributed by atoms with Gasteiger partial charge in [-0.1, -0.05) is 12.1 Å². The van der Waals surface area contributed by atoms with Crippen molar-refractivity contribution in [2.75, 3.05) is 43.1 Å². The number of hydrogen-bond acceptors (Lipinski definition) is 5. The summed E-state index contributed by atoms with van der Waals surface area (Å²) in [5.41, 5.74) is 4.14. The van der Waals surface area contributed by atoms with E-state index in [0.29, 0.717) is 41.3 Å². The minimum Gasteiger partial charge on any atom is -0.484 e. The van der Waals surface area contributed by atoms with Crippen LogP contribution in [0.1, 0.15) is 10.4 Å². The Morgan fingerprint density at radius 2 is 1.75 bits per heavy atom. The predicted molar refractivity (Wildman–Crippen MR) is 131 cm³/mol. The number of morpholine rings is 1. The fraction of sp³-hybridized carbons (Fsp3) is 0.231. The molecule has 0 spiro atoms. The Balaban J connectivity index is 1.24. The number of amides is 1. The second-order valence-corrected chi connectivity index (χ2v) is 8.35. The van der Waals surface area contributed by atoms with E-state index in [1.54, 1.807) is 30.3 Å². The number of H-pyrrole nitrogens is 1. The number of carbonyl (C=O) groups excluding carboxylic acids is 1. The molecule has 0 radical (unpaired) electrons. The van der Waals surface area contributed by atoms with Crippen molar-refractivity contribution in [1.82, 2.24) is 9.97 Å². The minimum atomic E-state index is -4.41. The van der Waals surface area contributed by atoms with Crippen molar-refractivity contribution >= 4 is 28.3 Å². The molecule has 1 fully saturated rings. The summed E-state index contributed by atoms with van der Waals surface area (Å²) in [6.45, 7) is 1.74. The van der Waals surface area contributed by atoms with Crippen LogP contribution in [-0.4, -0.2) is 55.0 Å². The molecule has 0 atom stereocenters. The lowest BCUT2D eigenvalue weighted by Crippen LogP contribution is -2.36. The number of ether oxygens (including phenoxy) is 2. The van der Waals surface area contributed by atoms with Crippen LogP contribution in [0.4, 0.5) is 24.5 Å². The highest BCUT2D eigenvalue weighted by Crippen LogP contribution is 2.26. The maximum Gasteiger partial charge on any atom is 0.422 e. The van der Waals surface area contributed by atoms with E-state index >= 15 is 0 Å². The van der Waals surface area contributed by atoms with Crippen molar-refractivity contribution in [2.24, 2.45) is 0 Å². The number of aromatic amines is 1. The molecule has 5 rings (SSSR count). The fourth-order valence-electron chi connectivity index (χ4n) is 3.94. The maximum absolute atomic E-state index is 12.7. The van der Waals surface area contributed by atoms with E-state index in [2.05, 4.69) is 20.2 Å². The number of halogens is 3. The number of aromatic nitrogens is 2. The van der Waals surface area contributed by atoms with Gasteiger partial charge in [-0.25, -0.2) is 4.98 Å². The van der Waals surface area contributed by atoms with Gasteiger partial charge >= 0.3 is 6.18 Å². The first kappa shape index (κ1) is 23.7. The first-order valence-corrected chi connectivity index (χ1v) is 11.4. The molecule has 1 aromatic heterocycles. The van der Waals surface area contributed by atoms with Gasteiger partial charge in [-0.05, 0) is 48.5 Å². The van der Waals surface area contributed by atoms with Crippen LogP contribution in [0.25, 0.3) is 22.4 Å².